The number of imide groups is 1. The number of thiazole rings is 1. The monoisotopic (exact) mass is 566 g/mol. The molecule has 1 aromatic heterocycles. The summed E-state index contributed by atoms with van der Waals surface area (Å²) in [6.07, 6.45) is 9.55. The summed E-state index contributed by atoms with van der Waals surface area (Å²) in [4.78, 5) is 56.6. The van der Waals surface area contributed by atoms with Crippen molar-refractivity contribution in [2.45, 2.75) is 31.3 Å². The number of urea groups is 1. The highest BCUT2D eigenvalue weighted by molar-refractivity contribution is 7.14. The topological polar surface area (TPSA) is 136 Å². The van der Waals surface area contributed by atoms with Crippen molar-refractivity contribution in [3.63, 3.8) is 0 Å². The SMILES string of the molecule is COC(=O)c1csc(NC(=O)[C@H](Cc2ccccc2F)N2C(=O)NC(C3=COC=C(C4=CC=CCC4)O3)C2=O)n1. The van der Waals surface area contributed by atoms with E-state index in [1.54, 1.807) is 6.07 Å². The number of amides is 4. The van der Waals surface area contributed by atoms with Gasteiger partial charge < -0.3 is 24.8 Å². The molecule has 2 atom stereocenters. The number of anilines is 1. The Morgan fingerprint density at radius 1 is 1.30 bits per heavy atom. The molecule has 5 rings (SSSR count). The Labute approximate surface area is 231 Å². The number of nitrogens with one attached hydrogen (secondary N) is 2. The number of allylic oxidation sites excluding steroid dienone is 4. The van der Waals surface area contributed by atoms with Gasteiger partial charge in [0.1, 0.15) is 24.4 Å². The highest BCUT2D eigenvalue weighted by atomic mass is 32.1. The molecule has 3 aliphatic rings. The number of carbonyl (C=O) groups is 4. The molecule has 11 nitrogen and oxygen atoms in total. The molecule has 1 fully saturated rings. The quantitative estimate of drug-likeness (QED) is 0.366. The average molecular weight is 567 g/mol. The van der Waals surface area contributed by atoms with Crippen molar-refractivity contribution in [2.24, 2.45) is 0 Å². The summed E-state index contributed by atoms with van der Waals surface area (Å²) >= 11 is 0.946. The smallest absolute Gasteiger partial charge is 0.357 e. The van der Waals surface area contributed by atoms with Crippen LogP contribution in [0, 0.1) is 5.82 Å². The fourth-order valence-electron chi connectivity index (χ4n) is 4.29. The minimum atomic E-state index is -1.47. The third-order valence-corrected chi connectivity index (χ3v) is 7.04. The number of hydrogen-bond donors (Lipinski definition) is 2. The molecule has 4 amide bonds. The molecule has 0 bridgehead atoms. The molecule has 1 aromatic carbocycles. The van der Waals surface area contributed by atoms with Gasteiger partial charge in [-0.1, -0.05) is 36.4 Å². The normalized spacial score (nSPS) is 19.0. The molecule has 3 heterocycles. The Hall–Kier alpha value is -4.78. The van der Waals surface area contributed by atoms with Gasteiger partial charge in [0.05, 0.1) is 7.11 Å². The van der Waals surface area contributed by atoms with Crippen LogP contribution in [0.25, 0.3) is 0 Å². The summed E-state index contributed by atoms with van der Waals surface area (Å²) in [5.74, 6) is -2.48. The van der Waals surface area contributed by atoms with Crippen LogP contribution in [0.4, 0.5) is 14.3 Å². The molecule has 0 spiro atoms. The second-order valence-electron chi connectivity index (χ2n) is 8.82. The summed E-state index contributed by atoms with van der Waals surface area (Å²) < 4.78 is 30.5. The molecule has 2 N–H and O–H groups in total. The number of hydrogen-bond acceptors (Lipinski definition) is 9. The summed E-state index contributed by atoms with van der Waals surface area (Å²) in [6, 6.07) is 2.10. The van der Waals surface area contributed by atoms with Crippen molar-refractivity contribution in [3.05, 3.63) is 94.6 Å². The van der Waals surface area contributed by atoms with Gasteiger partial charge in [-0.05, 0) is 30.0 Å². The Bertz CT molecular complexity index is 1500. The van der Waals surface area contributed by atoms with Crippen molar-refractivity contribution in [2.75, 3.05) is 12.4 Å². The lowest BCUT2D eigenvalue weighted by molar-refractivity contribution is -0.134. The molecule has 40 heavy (non-hydrogen) atoms. The summed E-state index contributed by atoms with van der Waals surface area (Å²) in [6.45, 7) is 0. The molecular weight excluding hydrogens is 543 g/mol. The molecule has 1 saturated heterocycles. The van der Waals surface area contributed by atoms with Gasteiger partial charge in [0.25, 0.3) is 5.91 Å². The summed E-state index contributed by atoms with van der Waals surface area (Å²) in [5, 5.41) is 6.46. The van der Waals surface area contributed by atoms with E-state index >= 15 is 0 Å². The van der Waals surface area contributed by atoms with Gasteiger partial charge in [0, 0.05) is 11.8 Å². The highest BCUT2D eigenvalue weighted by Crippen LogP contribution is 2.30. The fraction of sp³-hybridized carbons (Fsp3) is 0.222. The lowest BCUT2D eigenvalue weighted by Crippen LogP contribution is -2.49. The molecule has 2 aliphatic heterocycles. The Balaban J connectivity index is 1.39. The number of aromatic nitrogens is 1. The van der Waals surface area contributed by atoms with Gasteiger partial charge in [-0.3, -0.25) is 9.59 Å². The van der Waals surface area contributed by atoms with Gasteiger partial charge in [0.15, 0.2) is 28.4 Å². The van der Waals surface area contributed by atoms with Crippen LogP contribution in [-0.4, -0.2) is 52.9 Å². The number of rotatable bonds is 8. The maximum atomic E-state index is 14.6. The number of carbonyl (C=O) groups excluding carboxylic acids is 4. The number of ether oxygens (including phenoxy) is 3. The Kier molecular flexibility index (Phi) is 7.73. The van der Waals surface area contributed by atoms with E-state index in [4.69, 9.17) is 9.47 Å². The van der Waals surface area contributed by atoms with Crippen LogP contribution in [0.5, 0.6) is 0 Å². The molecule has 206 valence electrons. The van der Waals surface area contributed by atoms with E-state index in [0.29, 0.717) is 12.2 Å². The largest absolute Gasteiger partial charge is 0.465 e. The van der Waals surface area contributed by atoms with Gasteiger partial charge in [-0.15, -0.1) is 11.3 Å². The van der Waals surface area contributed by atoms with Crippen LogP contribution in [0.2, 0.25) is 0 Å². The lowest BCUT2D eigenvalue weighted by atomic mass is 10.0. The maximum absolute atomic E-state index is 14.6. The van der Waals surface area contributed by atoms with Crippen LogP contribution in [-0.2, 0) is 30.2 Å². The van der Waals surface area contributed by atoms with Gasteiger partial charge in [-0.25, -0.2) is 23.9 Å². The van der Waals surface area contributed by atoms with Crippen molar-refractivity contribution in [1.29, 1.82) is 0 Å². The molecule has 0 radical (unpaired) electrons. The minimum absolute atomic E-state index is 0.0292. The van der Waals surface area contributed by atoms with Crippen molar-refractivity contribution in [3.8, 4) is 0 Å². The number of esters is 1. The number of methoxy groups -OCH3 is 1. The van der Waals surface area contributed by atoms with Crippen LogP contribution in [0.15, 0.2) is 77.5 Å². The summed E-state index contributed by atoms with van der Waals surface area (Å²) in [7, 11) is 1.19. The lowest BCUT2D eigenvalue weighted by Gasteiger charge is -2.25. The molecule has 13 heteroatoms. The second kappa shape index (κ2) is 11.5. The van der Waals surface area contributed by atoms with Crippen molar-refractivity contribution < 1.29 is 37.8 Å². The molecule has 1 aliphatic carbocycles. The fourth-order valence-corrected chi connectivity index (χ4v) is 4.97. The first-order valence-electron chi connectivity index (χ1n) is 12.2. The van der Waals surface area contributed by atoms with Gasteiger partial charge >= 0.3 is 12.0 Å². The van der Waals surface area contributed by atoms with Crippen LogP contribution < -0.4 is 10.6 Å². The van der Waals surface area contributed by atoms with Crippen LogP contribution in [0.1, 0.15) is 28.9 Å². The van der Waals surface area contributed by atoms with Crippen molar-refractivity contribution >= 4 is 40.3 Å². The minimum Gasteiger partial charge on any atom is -0.465 e. The standard InChI is InChI=1S/C27H23FN4O7S/c1-37-25(35)18-14-40-26(29-18)31-23(33)19(11-16-9-5-6-10-17(16)28)32-24(34)22(30-27(32)36)21-13-38-12-20(39-21)15-7-3-2-4-8-15/h2-3,5-7,9-10,12-14,19,22H,4,8,11H2,1H3,(H,30,36)(H,29,31,33)/t19-,22?/m0/s1. The summed E-state index contributed by atoms with van der Waals surface area (Å²) in [5.41, 5.74) is 0.936. The van der Waals surface area contributed by atoms with E-state index in [1.807, 2.05) is 18.2 Å². The second-order valence-corrected chi connectivity index (χ2v) is 9.68. The molecule has 0 saturated carbocycles. The average Bonchev–Trinajstić information content (AvgIpc) is 3.56. The number of halogens is 1. The third-order valence-electron chi connectivity index (χ3n) is 6.29. The number of nitrogens with zero attached hydrogens (tertiary/aromatic N) is 2. The predicted molar refractivity (Wildman–Crippen MR) is 140 cm³/mol. The van der Waals surface area contributed by atoms with E-state index < -0.39 is 41.7 Å². The first-order valence-corrected chi connectivity index (χ1v) is 13.0. The molecule has 2 aromatic rings. The first kappa shape index (κ1) is 26.8. The van der Waals surface area contributed by atoms with Crippen LogP contribution in [0.3, 0.4) is 0 Å². The zero-order valence-electron chi connectivity index (χ0n) is 21.1. The molecule has 1 unspecified atom stereocenters. The van der Waals surface area contributed by atoms with E-state index in [0.717, 1.165) is 28.2 Å². The maximum Gasteiger partial charge on any atom is 0.357 e. The highest BCUT2D eigenvalue weighted by Gasteiger charge is 2.48. The Morgan fingerprint density at radius 2 is 2.12 bits per heavy atom. The Morgan fingerprint density at radius 3 is 2.88 bits per heavy atom. The van der Waals surface area contributed by atoms with Crippen molar-refractivity contribution in [1.82, 2.24) is 15.2 Å². The molecular formula is C27H23FN4O7S. The van der Waals surface area contributed by atoms with E-state index in [2.05, 4.69) is 20.4 Å². The van der Waals surface area contributed by atoms with E-state index in [9.17, 15) is 23.6 Å². The first-order chi connectivity index (χ1) is 19.4. The zero-order valence-corrected chi connectivity index (χ0v) is 21.9. The van der Waals surface area contributed by atoms with Gasteiger partial charge in [0.2, 0.25) is 5.91 Å². The van der Waals surface area contributed by atoms with Crippen LogP contribution >= 0.6 is 11.3 Å². The van der Waals surface area contributed by atoms with E-state index in [-0.39, 0.29) is 28.6 Å². The zero-order chi connectivity index (χ0) is 28.2. The predicted octanol–water partition coefficient (Wildman–Crippen LogP) is 3.55. The van der Waals surface area contributed by atoms with E-state index in [1.165, 1.54) is 43.2 Å². The third kappa shape index (κ3) is 5.50. The van der Waals surface area contributed by atoms with Gasteiger partial charge in [-0.2, -0.15) is 0 Å². The number of benzene rings is 1.